The van der Waals surface area contributed by atoms with E-state index in [-0.39, 0.29) is 30.6 Å². The predicted octanol–water partition coefficient (Wildman–Crippen LogP) is 3.88. The van der Waals surface area contributed by atoms with E-state index in [0.717, 1.165) is 19.4 Å². The SMILES string of the molecule is CC(C)OC(=O)[C@@H](CCCCNC(=O)OCC1c2ccccc2-c2ccccc21)NC(=O)[C@H]1CCCN1. The molecule has 1 saturated heterocycles. The molecule has 2 atom stereocenters. The number of alkyl carbamates (subject to hydrolysis) is 1. The molecule has 2 aromatic rings. The van der Waals surface area contributed by atoms with Crippen LogP contribution in [0.15, 0.2) is 48.5 Å². The third-order valence-electron chi connectivity index (χ3n) is 6.86. The van der Waals surface area contributed by atoms with Crippen LogP contribution < -0.4 is 16.0 Å². The fourth-order valence-corrected chi connectivity index (χ4v) is 5.06. The van der Waals surface area contributed by atoms with Crippen LogP contribution in [-0.2, 0) is 19.1 Å². The molecule has 1 heterocycles. The highest BCUT2D eigenvalue weighted by atomic mass is 16.5. The molecule has 0 aromatic heterocycles. The van der Waals surface area contributed by atoms with E-state index < -0.39 is 18.1 Å². The van der Waals surface area contributed by atoms with Gasteiger partial charge in [-0.1, -0.05) is 48.5 Å². The second kappa shape index (κ2) is 12.7. The minimum Gasteiger partial charge on any atom is -0.461 e. The normalized spacial score (nSPS) is 17.1. The number of carbonyl (C=O) groups is 3. The van der Waals surface area contributed by atoms with Gasteiger partial charge in [0.2, 0.25) is 5.91 Å². The number of hydrogen-bond donors (Lipinski definition) is 3. The summed E-state index contributed by atoms with van der Waals surface area (Å²) in [6, 6.07) is 15.5. The Morgan fingerprint density at radius 2 is 1.68 bits per heavy atom. The van der Waals surface area contributed by atoms with E-state index in [9.17, 15) is 14.4 Å². The van der Waals surface area contributed by atoms with Gasteiger partial charge in [0.1, 0.15) is 12.6 Å². The average molecular weight is 508 g/mol. The van der Waals surface area contributed by atoms with Gasteiger partial charge in [-0.05, 0) is 74.8 Å². The lowest BCUT2D eigenvalue weighted by Crippen LogP contribution is -2.49. The summed E-state index contributed by atoms with van der Waals surface area (Å²) >= 11 is 0. The van der Waals surface area contributed by atoms with Crippen LogP contribution in [0.2, 0.25) is 0 Å². The standard InChI is InChI=1S/C29H37N3O5/c1-19(2)37-28(34)26(32-27(33)25-15-9-17-30-25)14-7-8-16-31-29(35)36-18-24-22-12-5-3-10-20(22)21-11-4-6-13-23(21)24/h3-6,10-13,19,24-26,30H,7-9,14-18H2,1-2H3,(H,31,35)(H,32,33)/t25-,26-/m1/s1. The molecule has 1 aliphatic heterocycles. The molecule has 0 bridgehead atoms. The molecule has 8 nitrogen and oxygen atoms in total. The largest absolute Gasteiger partial charge is 0.461 e. The van der Waals surface area contributed by atoms with Crippen molar-refractivity contribution in [2.45, 2.75) is 70.1 Å². The number of ether oxygens (including phenoxy) is 2. The van der Waals surface area contributed by atoms with E-state index in [0.29, 0.717) is 25.8 Å². The Morgan fingerprint density at radius 1 is 1.00 bits per heavy atom. The summed E-state index contributed by atoms with van der Waals surface area (Å²) in [5, 5.41) is 8.79. The number of unbranched alkanes of at least 4 members (excludes halogenated alkanes) is 1. The second-order valence-corrected chi connectivity index (χ2v) is 9.94. The maximum atomic E-state index is 12.5. The molecule has 0 saturated carbocycles. The summed E-state index contributed by atoms with van der Waals surface area (Å²) in [4.78, 5) is 37.4. The minimum atomic E-state index is -0.702. The maximum Gasteiger partial charge on any atom is 0.407 e. The molecule has 0 spiro atoms. The third kappa shape index (κ3) is 6.89. The number of esters is 1. The zero-order valence-electron chi connectivity index (χ0n) is 21.6. The van der Waals surface area contributed by atoms with Crippen molar-refractivity contribution in [3.63, 3.8) is 0 Å². The third-order valence-corrected chi connectivity index (χ3v) is 6.86. The fourth-order valence-electron chi connectivity index (χ4n) is 5.06. The molecule has 1 aliphatic carbocycles. The van der Waals surface area contributed by atoms with Crippen LogP contribution in [-0.4, -0.2) is 55.9 Å². The highest BCUT2D eigenvalue weighted by Crippen LogP contribution is 2.44. The summed E-state index contributed by atoms with van der Waals surface area (Å²) in [7, 11) is 0. The van der Waals surface area contributed by atoms with Crippen molar-refractivity contribution >= 4 is 18.0 Å². The first-order chi connectivity index (χ1) is 17.9. The van der Waals surface area contributed by atoms with Gasteiger partial charge >= 0.3 is 12.1 Å². The van der Waals surface area contributed by atoms with Gasteiger partial charge < -0.3 is 25.4 Å². The summed E-state index contributed by atoms with van der Waals surface area (Å²) in [6.45, 7) is 5.06. The van der Waals surface area contributed by atoms with Gasteiger partial charge in [0.15, 0.2) is 0 Å². The molecule has 0 unspecified atom stereocenters. The molecule has 2 aromatic carbocycles. The Labute approximate surface area is 218 Å². The van der Waals surface area contributed by atoms with E-state index in [1.165, 1.54) is 22.3 Å². The lowest BCUT2D eigenvalue weighted by molar-refractivity contribution is -0.151. The lowest BCUT2D eigenvalue weighted by atomic mass is 9.98. The van der Waals surface area contributed by atoms with Crippen molar-refractivity contribution in [2.75, 3.05) is 19.7 Å². The second-order valence-electron chi connectivity index (χ2n) is 9.94. The Balaban J connectivity index is 1.20. The van der Waals surface area contributed by atoms with Crippen LogP contribution >= 0.6 is 0 Å². The van der Waals surface area contributed by atoms with Crippen molar-refractivity contribution in [2.24, 2.45) is 0 Å². The molecule has 8 heteroatoms. The van der Waals surface area contributed by atoms with Crippen LogP contribution in [0.4, 0.5) is 4.79 Å². The summed E-state index contributed by atoms with van der Waals surface area (Å²) < 4.78 is 10.9. The molecule has 1 fully saturated rings. The van der Waals surface area contributed by atoms with Gasteiger partial charge in [0.25, 0.3) is 0 Å². The number of amides is 2. The monoisotopic (exact) mass is 507 g/mol. The molecule has 4 rings (SSSR count). The lowest BCUT2D eigenvalue weighted by Gasteiger charge is -2.21. The number of rotatable bonds is 11. The van der Waals surface area contributed by atoms with Crippen LogP contribution in [0.1, 0.15) is 63.0 Å². The molecule has 3 N–H and O–H groups in total. The van der Waals surface area contributed by atoms with E-state index >= 15 is 0 Å². The first-order valence-electron chi connectivity index (χ1n) is 13.3. The number of carbonyl (C=O) groups excluding carboxylic acids is 3. The fraction of sp³-hybridized carbons (Fsp3) is 0.483. The van der Waals surface area contributed by atoms with Gasteiger partial charge in [-0.25, -0.2) is 9.59 Å². The van der Waals surface area contributed by atoms with Crippen molar-refractivity contribution in [1.29, 1.82) is 0 Å². The zero-order chi connectivity index (χ0) is 26.2. The van der Waals surface area contributed by atoms with Gasteiger partial charge in [0, 0.05) is 12.5 Å². The van der Waals surface area contributed by atoms with Gasteiger partial charge in [-0.2, -0.15) is 0 Å². The number of nitrogens with one attached hydrogen (secondary N) is 3. The van der Waals surface area contributed by atoms with Gasteiger partial charge in [-0.3, -0.25) is 4.79 Å². The number of benzene rings is 2. The van der Waals surface area contributed by atoms with E-state index in [2.05, 4.69) is 40.2 Å². The highest BCUT2D eigenvalue weighted by molar-refractivity contribution is 5.87. The van der Waals surface area contributed by atoms with Crippen molar-refractivity contribution in [3.05, 3.63) is 59.7 Å². The topological polar surface area (TPSA) is 106 Å². The van der Waals surface area contributed by atoms with Crippen LogP contribution in [0.3, 0.4) is 0 Å². The summed E-state index contributed by atoms with van der Waals surface area (Å²) in [5.41, 5.74) is 4.72. The minimum absolute atomic E-state index is 0.0175. The molecule has 37 heavy (non-hydrogen) atoms. The quantitative estimate of drug-likeness (QED) is 0.315. The van der Waals surface area contributed by atoms with Gasteiger partial charge in [-0.15, -0.1) is 0 Å². The summed E-state index contributed by atoms with van der Waals surface area (Å²) in [6.07, 6.45) is 2.72. The van der Waals surface area contributed by atoms with E-state index in [4.69, 9.17) is 9.47 Å². The van der Waals surface area contributed by atoms with E-state index in [1.54, 1.807) is 13.8 Å². The van der Waals surface area contributed by atoms with Crippen LogP contribution in [0, 0.1) is 0 Å². The first kappa shape index (κ1) is 26.7. The zero-order valence-corrected chi connectivity index (χ0v) is 21.6. The Bertz CT molecular complexity index is 1050. The molecule has 198 valence electrons. The Morgan fingerprint density at radius 3 is 2.30 bits per heavy atom. The molecule has 2 aliphatic rings. The highest BCUT2D eigenvalue weighted by Gasteiger charge is 2.30. The smallest absolute Gasteiger partial charge is 0.407 e. The summed E-state index contributed by atoms with van der Waals surface area (Å²) in [5.74, 6) is -0.574. The Kier molecular flexibility index (Phi) is 9.17. The van der Waals surface area contributed by atoms with Crippen molar-refractivity contribution in [3.8, 4) is 11.1 Å². The molecule has 0 radical (unpaired) electrons. The van der Waals surface area contributed by atoms with E-state index in [1.807, 2.05) is 24.3 Å². The number of fused-ring (bicyclic) bond motifs is 3. The van der Waals surface area contributed by atoms with Crippen molar-refractivity contribution in [1.82, 2.24) is 16.0 Å². The molecular weight excluding hydrogens is 470 g/mol. The first-order valence-corrected chi connectivity index (χ1v) is 13.3. The average Bonchev–Trinajstić information content (AvgIpc) is 3.53. The molecular formula is C29H37N3O5. The van der Waals surface area contributed by atoms with Crippen LogP contribution in [0.25, 0.3) is 11.1 Å². The number of hydrogen-bond acceptors (Lipinski definition) is 6. The maximum absolute atomic E-state index is 12.5. The predicted molar refractivity (Wildman–Crippen MR) is 141 cm³/mol. The van der Waals surface area contributed by atoms with Crippen molar-refractivity contribution < 1.29 is 23.9 Å². The Hall–Kier alpha value is -3.39. The van der Waals surface area contributed by atoms with Crippen LogP contribution in [0.5, 0.6) is 0 Å². The molecule has 2 amide bonds. The van der Waals surface area contributed by atoms with Gasteiger partial charge in [0.05, 0.1) is 12.1 Å².